The first-order valence-corrected chi connectivity index (χ1v) is 6.04. The minimum atomic E-state index is -0.145. The van der Waals surface area contributed by atoms with Gasteiger partial charge in [-0.25, -0.2) is 4.98 Å². The van der Waals surface area contributed by atoms with Gasteiger partial charge in [0.15, 0.2) is 0 Å². The van der Waals surface area contributed by atoms with E-state index in [-0.39, 0.29) is 22.8 Å². The molecule has 0 fully saturated rings. The van der Waals surface area contributed by atoms with Crippen molar-refractivity contribution in [2.45, 2.75) is 33.2 Å². The second-order valence-electron chi connectivity index (χ2n) is 4.62. The third-order valence-corrected chi connectivity index (χ3v) is 2.80. The Morgan fingerprint density at radius 2 is 2.06 bits per heavy atom. The molecule has 0 spiro atoms. The quantitative estimate of drug-likeness (QED) is 0.831. The second kappa shape index (κ2) is 5.96. The molecular formula is C12H18ClN3O. The van der Waals surface area contributed by atoms with Gasteiger partial charge in [-0.1, -0.05) is 25.4 Å². The van der Waals surface area contributed by atoms with Crippen molar-refractivity contribution in [1.29, 1.82) is 0 Å². The van der Waals surface area contributed by atoms with Crippen LogP contribution in [0.25, 0.3) is 0 Å². The summed E-state index contributed by atoms with van der Waals surface area (Å²) in [5.41, 5.74) is 0.288. The summed E-state index contributed by atoms with van der Waals surface area (Å²) in [6, 6.07) is 0.170. The summed E-state index contributed by atoms with van der Waals surface area (Å²) in [6.07, 6.45) is 3.80. The van der Waals surface area contributed by atoms with E-state index < -0.39 is 0 Å². The van der Waals surface area contributed by atoms with Gasteiger partial charge in [0.1, 0.15) is 10.8 Å². The van der Waals surface area contributed by atoms with Crippen LogP contribution < -0.4 is 0 Å². The molecule has 0 N–H and O–H groups in total. The molecule has 1 rings (SSSR count). The Labute approximate surface area is 107 Å². The van der Waals surface area contributed by atoms with Crippen molar-refractivity contribution in [2.24, 2.45) is 5.92 Å². The Bertz CT molecular complexity index is 395. The van der Waals surface area contributed by atoms with Gasteiger partial charge in [0.25, 0.3) is 5.91 Å². The first kappa shape index (κ1) is 13.9. The van der Waals surface area contributed by atoms with E-state index in [1.807, 2.05) is 6.92 Å². The first-order valence-electron chi connectivity index (χ1n) is 5.66. The molecule has 0 aliphatic heterocycles. The van der Waals surface area contributed by atoms with Gasteiger partial charge in [0.2, 0.25) is 0 Å². The fourth-order valence-electron chi connectivity index (χ4n) is 1.67. The average molecular weight is 256 g/mol. The Morgan fingerprint density at radius 1 is 1.41 bits per heavy atom. The highest BCUT2D eigenvalue weighted by atomic mass is 35.5. The molecule has 0 aliphatic rings. The molecule has 1 unspecified atom stereocenters. The maximum Gasteiger partial charge on any atom is 0.274 e. The number of aromatic nitrogens is 2. The molecule has 0 saturated carbocycles. The number of halogens is 1. The molecule has 1 aromatic heterocycles. The zero-order valence-electron chi connectivity index (χ0n) is 10.6. The molecule has 1 heterocycles. The van der Waals surface area contributed by atoms with Gasteiger partial charge in [-0.3, -0.25) is 9.78 Å². The van der Waals surface area contributed by atoms with Crippen LogP contribution in [0.5, 0.6) is 0 Å². The highest BCUT2D eigenvalue weighted by Crippen LogP contribution is 2.12. The van der Waals surface area contributed by atoms with Crippen LogP contribution >= 0.6 is 11.6 Å². The van der Waals surface area contributed by atoms with Crippen LogP contribution in [0.3, 0.4) is 0 Å². The average Bonchev–Trinajstić information content (AvgIpc) is 2.26. The molecule has 0 saturated heterocycles. The Kier molecular flexibility index (Phi) is 4.87. The molecule has 1 aromatic rings. The fraction of sp³-hybridized carbons (Fsp3) is 0.583. The van der Waals surface area contributed by atoms with E-state index in [2.05, 4.69) is 23.8 Å². The standard InChI is InChI=1S/C12H18ClN3O/c1-8(2)5-9(3)16(4)12(17)10-6-14-7-11(13)15-10/h6-9H,5H2,1-4H3. The van der Waals surface area contributed by atoms with Gasteiger partial charge < -0.3 is 4.90 Å². The van der Waals surface area contributed by atoms with E-state index in [1.54, 1.807) is 11.9 Å². The number of hydrogen-bond acceptors (Lipinski definition) is 3. The van der Waals surface area contributed by atoms with Crippen LogP contribution in [0.1, 0.15) is 37.7 Å². The lowest BCUT2D eigenvalue weighted by Gasteiger charge is -2.25. The fourth-order valence-corrected chi connectivity index (χ4v) is 1.81. The summed E-state index contributed by atoms with van der Waals surface area (Å²) in [6.45, 7) is 6.29. The third kappa shape index (κ3) is 3.97. The molecule has 0 aromatic carbocycles. The molecule has 0 radical (unpaired) electrons. The Morgan fingerprint density at radius 3 is 2.59 bits per heavy atom. The summed E-state index contributed by atoms with van der Waals surface area (Å²) in [7, 11) is 1.78. The molecule has 0 aliphatic carbocycles. The SMILES string of the molecule is CC(C)CC(C)N(C)C(=O)c1cncc(Cl)n1. The van der Waals surface area contributed by atoms with Crippen LogP contribution in [0, 0.1) is 5.92 Å². The molecule has 17 heavy (non-hydrogen) atoms. The first-order chi connectivity index (χ1) is 7.91. The normalized spacial score (nSPS) is 12.6. The van der Waals surface area contributed by atoms with Crippen LogP contribution in [-0.2, 0) is 0 Å². The molecule has 1 atom stereocenters. The van der Waals surface area contributed by atoms with Crippen molar-refractivity contribution < 1.29 is 4.79 Å². The summed E-state index contributed by atoms with van der Waals surface area (Å²) < 4.78 is 0. The highest BCUT2D eigenvalue weighted by molar-refractivity contribution is 6.29. The number of amides is 1. The van der Waals surface area contributed by atoms with E-state index >= 15 is 0 Å². The lowest BCUT2D eigenvalue weighted by molar-refractivity contribution is 0.0722. The molecule has 1 amide bonds. The maximum atomic E-state index is 12.1. The smallest absolute Gasteiger partial charge is 0.274 e. The van der Waals surface area contributed by atoms with E-state index in [0.717, 1.165) is 6.42 Å². The molecule has 0 bridgehead atoms. The monoisotopic (exact) mass is 255 g/mol. The van der Waals surface area contributed by atoms with E-state index in [1.165, 1.54) is 12.4 Å². The van der Waals surface area contributed by atoms with Gasteiger partial charge in [-0.2, -0.15) is 0 Å². The largest absolute Gasteiger partial charge is 0.338 e. The predicted octanol–water partition coefficient (Wildman–Crippen LogP) is 2.64. The molecule has 94 valence electrons. The number of nitrogens with zero attached hydrogens (tertiary/aromatic N) is 3. The zero-order valence-corrected chi connectivity index (χ0v) is 11.4. The van der Waals surface area contributed by atoms with Crippen molar-refractivity contribution in [3.8, 4) is 0 Å². The second-order valence-corrected chi connectivity index (χ2v) is 5.01. The summed E-state index contributed by atoms with van der Waals surface area (Å²) in [5, 5.41) is 0.237. The minimum absolute atomic E-state index is 0.145. The Hall–Kier alpha value is -1.16. The van der Waals surface area contributed by atoms with Crippen molar-refractivity contribution in [3.05, 3.63) is 23.2 Å². The van der Waals surface area contributed by atoms with Gasteiger partial charge in [0.05, 0.1) is 12.4 Å². The van der Waals surface area contributed by atoms with Crippen molar-refractivity contribution >= 4 is 17.5 Å². The van der Waals surface area contributed by atoms with Crippen molar-refractivity contribution in [2.75, 3.05) is 7.05 Å². The molecular weight excluding hydrogens is 238 g/mol. The lowest BCUT2D eigenvalue weighted by Crippen LogP contribution is -2.36. The third-order valence-electron chi connectivity index (χ3n) is 2.62. The van der Waals surface area contributed by atoms with Crippen LogP contribution in [-0.4, -0.2) is 33.9 Å². The van der Waals surface area contributed by atoms with Crippen molar-refractivity contribution in [3.63, 3.8) is 0 Å². The molecule has 5 heteroatoms. The van der Waals surface area contributed by atoms with Crippen molar-refractivity contribution in [1.82, 2.24) is 14.9 Å². The van der Waals surface area contributed by atoms with E-state index in [9.17, 15) is 4.79 Å². The van der Waals surface area contributed by atoms with Gasteiger partial charge >= 0.3 is 0 Å². The van der Waals surface area contributed by atoms with E-state index in [0.29, 0.717) is 5.92 Å². The minimum Gasteiger partial charge on any atom is -0.338 e. The predicted molar refractivity (Wildman–Crippen MR) is 68.1 cm³/mol. The summed E-state index contributed by atoms with van der Waals surface area (Å²) >= 11 is 5.71. The highest BCUT2D eigenvalue weighted by Gasteiger charge is 2.19. The van der Waals surface area contributed by atoms with Crippen LogP contribution in [0.15, 0.2) is 12.4 Å². The number of carbonyl (C=O) groups excluding carboxylic acids is 1. The lowest BCUT2D eigenvalue weighted by atomic mass is 10.0. The van der Waals surface area contributed by atoms with Gasteiger partial charge in [-0.05, 0) is 19.3 Å². The summed E-state index contributed by atoms with van der Waals surface area (Å²) in [4.78, 5) is 21.6. The van der Waals surface area contributed by atoms with Gasteiger partial charge in [0, 0.05) is 13.1 Å². The van der Waals surface area contributed by atoms with Gasteiger partial charge in [-0.15, -0.1) is 0 Å². The number of rotatable bonds is 4. The maximum absolute atomic E-state index is 12.1. The van der Waals surface area contributed by atoms with Crippen LogP contribution in [0.4, 0.5) is 0 Å². The topological polar surface area (TPSA) is 46.1 Å². The Balaban J connectivity index is 2.76. The summed E-state index contributed by atoms with van der Waals surface area (Å²) in [5.74, 6) is 0.402. The number of hydrogen-bond donors (Lipinski definition) is 0. The van der Waals surface area contributed by atoms with E-state index in [4.69, 9.17) is 11.6 Å². The van der Waals surface area contributed by atoms with Crippen LogP contribution in [0.2, 0.25) is 5.15 Å². The number of carbonyl (C=O) groups is 1. The molecule has 4 nitrogen and oxygen atoms in total. The zero-order chi connectivity index (χ0) is 13.0.